The Balaban J connectivity index is 1.42. The van der Waals surface area contributed by atoms with Gasteiger partial charge < -0.3 is 0 Å². The van der Waals surface area contributed by atoms with Crippen molar-refractivity contribution in [1.29, 1.82) is 0 Å². The van der Waals surface area contributed by atoms with Crippen molar-refractivity contribution >= 4 is 33.7 Å². The predicted octanol–water partition coefficient (Wildman–Crippen LogP) is 5.31. The molecule has 0 spiro atoms. The highest BCUT2D eigenvalue weighted by Crippen LogP contribution is 2.31. The number of benzene rings is 1. The van der Waals surface area contributed by atoms with Crippen LogP contribution in [0.25, 0.3) is 0 Å². The average molecular weight is 412 g/mol. The summed E-state index contributed by atoms with van der Waals surface area (Å²) in [5.41, 5.74) is 3.61. The summed E-state index contributed by atoms with van der Waals surface area (Å²) in [6, 6.07) is 12.6. The molecule has 1 amide bonds. The second kappa shape index (κ2) is 7.78. The van der Waals surface area contributed by atoms with E-state index in [1.54, 1.807) is 11.3 Å². The van der Waals surface area contributed by atoms with Gasteiger partial charge in [-0.2, -0.15) is 0 Å². The van der Waals surface area contributed by atoms with Gasteiger partial charge in [-0.15, -0.1) is 22.7 Å². The van der Waals surface area contributed by atoms with E-state index < -0.39 is 0 Å². The minimum Gasteiger partial charge on any atom is -0.297 e. The lowest BCUT2D eigenvalue weighted by Crippen LogP contribution is -2.29. The Morgan fingerprint density at radius 3 is 2.75 bits per heavy atom. The molecule has 1 N–H and O–H groups in total. The summed E-state index contributed by atoms with van der Waals surface area (Å²) in [4.78, 5) is 21.8. The van der Waals surface area contributed by atoms with Gasteiger partial charge >= 0.3 is 0 Å². The maximum absolute atomic E-state index is 12.7. The molecule has 0 unspecified atom stereocenters. The number of carbonyl (C=O) groups excluding carboxylic acids is 1. The highest BCUT2D eigenvalue weighted by molar-refractivity contribution is 7.15. The first kappa shape index (κ1) is 19.3. The van der Waals surface area contributed by atoms with E-state index >= 15 is 0 Å². The number of carbonyl (C=O) groups is 1. The third-order valence-electron chi connectivity index (χ3n) is 4.91. The van der Waals surface area contributed by atoms with Crippen LogP contribution in [0.2, 0.25) is 0 Å². The Hall–Kier alpha value is -2.02. The maximum atomic E-state index is 12.7. The summed E-state index contributed by atoms with van der Waals surface area (Å²) in [7, 11) is 0. The Kier molecular flexibility index (Phi) is 5.36. The van der Waals surface area contributed by atoms with Crippen LogP contribution in [0.4, 0.5) is 5.13 Å². The molecule has 3 heterocycles. The number of amides is 1. The molecule has 6 heteroatoms. The lowest BCUT2D eigenvalue weighted by molar-refractivity contribution is 0.103. The summed E-state index contributed by atoms with van der Waals surface area (Å²) in [5.74, 6) is -0.0520. The number of thiophene rings is 1. The fourth-order valence-corrected chi connectivity index (χ4v) is 5.30. The molecule has 1 aromatic carbocycles. The van der Waals surface area contributed by atoms with E-state index in [0.29, 0.717) is 5.13 Å². The molecule has 0 atom stereocenters. The SMILES string of the molecule is CC(C)(C)c1csc(NC(=O)c2cc3c(s2)CCN(Cc2ccccc2)C3)n1. The van der Waals surface area contributed by atoms with E-state index in [1.165, 1.54) is 27.3 Å². The fourth-order valence-electron chi connectivity index (χ4n) is 3.31. The first-order chi connectivity index (χ1) is 13.4. The largest absolute Gasteiger partial charge is 0.297 e. The summed E-state index contributed by atoms with van der Waals surface area (Å²) in [6.45, 7) is 9.27. The van der Waals surface area contributed by atoms with Gasteiger partial charge in [0.15, 0.2) is 5.13 Å². The number of fused-ring (bicyclic) bond motifs is 1. The van der Waals surface area contributed by atoms with Crippen molar-refractivity contribution < 1.29 is 4.79 Å². The highest BCUT2D eigenvalue weighted by atomic mass is 32.1. The van der Waals surface area contributed by atoms with E-state index in [2.05, 4.69) is 72.4 Å². The van der Waals surface area contributed by atoms with E-state index in [1.807, 2.05) is 5.38 Å². The van der Waals surface area contributed by atoms with Gasteiger partial charge in [0, 0.05) is 35.3 Å². The van der Waals surface area contributed by atoms with Gasteiger partial charge in [0.05, 0.1) is 10.6 Å². The maximum Gasteiger partial charge on any atom is 0.267 e. The number of nitrogens with one attached hydrogen (secondary N) is 1. The second-order valence-corrected chi connectivity index (χ2v) is 10.2. The van der Waals surface area contributed by atoms with Crippen molar-refractivity contribution in [1.82, 2.24) is 9.88 Å². The third-order valence-corrected chi connectivity index (χ3v) is 6.91. The van der Waals surface area contributed by atoms with Crippen LogP contribution >= 0.6 is 22.7 Å². The first-order valence-corrected chi connectivity index (χ1v) is 11.2. The standard InChI is InChI=1S/C22H25N3OS2/c1-22(2,3)19-14-27-21(23-19)24-20(26)18-11-16-13-25(10-9-17(16)28-18)12-15-7-5-4-6-8-15/h4-8,11,14H,9-10,12-13H2,1-3H3,(H,23,24,26). The van der Waals surface area contributed by atoms with Crippen LogP contribution in [0.5, 0.6) is 0 Å². The Morgan fingerprint density at radius 1 is 1.25 bits per heavy atom. The molecular weight excluding hydrogens is 386 g/mol. The van der Waals surface area contributed by atoms with Crippen LogP contribution in [0.15, 0.2) is 41.8 Å². The molecule has 0 bridgehead atoms. The van der Waals surface area contributed by atoms with Gasteiger partial charge in [-0.1, -0.05) is 51.1 Å². The van der Waals surface area contributed by atoms with Crippen LogP contribution in [0.1, 0.15) is 52.1 Å². The molecule has 0 aliphatic carbocycles. The zero-order valence-corrected chi connectivity index (χ0v) is 18.1. The summed E-state index contributed by atoms with van der Waals surface area (Å²) in [5, 5.41) is 5.67. The van der Waals surface area contributed by atoms with Crippen molar-refractivity contribution in [2.75, 3.05) is 11.9 Å². The average Bonchev–Trinajstić information content (AvgIpc) is 3.29. The Labute approximate surface area is 174 Å². The number of hydrogen-bond donors (Lipinski definition) is 1. The number of rotatable bonds is 4. The predicted molar refractivity (Wildman–Crippen MR) is 117 cm³/mol. The van der Waals surface area contributed by atoms with Gasteiger partial charge in [0.1, 0.15) is 0 Å². The Bertz CT molecular complexity index is 969. The normalized spacial score (nSPS) is 14.7. The minimum atomic E-state index is -0.0520. The van der Waals surface area contributed by atoms with Gasteiger partial charge in [-0.25, -0.2) is 4.98 Å². The van der Waals surface area contributed by atoms with Crippen LogP contribution in [-0.4, -0.2) is 22.3 Å². The molecule has 4 nitrogen and oxygen atoms in total. The molecule has 1 aliphatic rings. The molecule has 0 radical (unpaired) electrons. The smallest absolute Gasteiger partial charge is 0.267 e. The molecule has 2 aromatic heterocycles. The lowest BCUT2D eigenvalue weighted by Gasteiger charge is -2.26. The van der Waals surface area contributed by atoms with Gasteiger partial charge in [-0.3, -0.25) is 15.0 Å². The summed E-state index contributed by atoms with van der Waals surface area (Å²) < 4.78 is 0. The van der Waals surface area contributed by atoms with E-state index in [4.69, 9.17) is 0 Å². The topological polar surface area (TPSA) is 45.2 Å². The molecular formula is C22H25N3OS2. The molecule has 3 aromatic rings. The number of nitrogens with zero attached hydrogens (tertiary/aromatic N) is 2. The van der Waals surface area contributed by atoms with Crippen LogP contribution in [0.3, 0.4) is 0 Å². The zero-order chi connectivity index (χ0) is 19.7. The molecule has 1 aliphatic heterocycles. The molecule has 4 rings (SSSR count). The zero-order valence-electron chi connectivity index (χ0n) is 16.5. The molecule has 146 valence electrons. The van der Waals surface area contributed by atoms with Gasteiger partial charge in [-0.05, 0) is 23.6 Å². The van der Waals surface area contributed by atoms with Crippen molar-refractivity contribution in [2.24, 2.45) is 0 Å². The van der Waals surface area contributed by atoms with Crippen molar-refractivity contribution in [3.8, 4) is 0 Å². The summed E-state index contributed by atoms with van der Waals surface area (Å²) >= 11 is 3.11. The minimum absolute atomic E-state index is 0.0102. The number of thiazole rings is 1. The summed E-state index contributed by atoms with van der Waals surface area (Å²) in [6.07, 6.45) is 1.01. The quantitative estimate of drug-likeness (QED) is 0.632. The number of aromatic nitrogens is 1. The second-order valence-electron chi connectivity index (χ2n) is 8.25. The monoisotopic (exact) mass is 411 g/mol. The van der Waals surface area contributed by atoms with Crippen molar-refractivity contribution in [3.63, 3.8) is 0 Å². The van der Waals surface area contributed by atoms with E-state index in [0.717, 1.165) is 36.6 Å². The molecule has 0 saturated carbocycles. The van der Waals surface area contributed by atoms with Gasteiger partial charge in [0.2, 0.25) is 0 Å². The van der Waals surface area contributed by atoms with Crippen LogP contribution < -0.4 is 5.32 Å². The van der Waals surface area contributed by atoms with Crippen molar-refractivity contribution in [3.05, 3.63) is 68.4 Å². The Morgan fingerprint density at radius 2 is 2.04 bits per heavy atom. The molecule has 0 fully saturated rings. The van der Waals surface area contributed by atoms with Gasteiger partial charge in [0.25, 0.3) is 5.91 Å². The van der Waals surface area contributed by atoms with E-state index in [-0.39, 0.29) is 11.3 Å². The highest BCUT2D eigenvalue weighted by Gasteiger charge is 2.23. The van der Waals surface area contributed by atoms with Crippen molar-refractivity contribution in [2.45, 2.75) is 45.7 Å². The van der Waals surface area contributed by atoms with E-state index in [9.17, 15) is 4.79 Å². The van der Waals surface area contributed by atoms with Crippen LogP contribution in [0, 0.1) is 0 Å². The lowest BCUT2D eigenvalue weighted by atomic mass is 9.93. The first-order valence-electron chi connectivity index (χ1n) is 9.54. The molecule has 0 saturated heterocycles. The molecule has 28 heavy (non-hydrogen) atoms. The van der Waals surface area contributed by atoms with Crippen LogP contribution in [-0.2, 0) is 24.9 Å². The number of hydrogen-bond acceptors (Lipinski definition) is 5. The fraction of sp³-hybridized carbons (Fsp3) is 0.364. The number of anilines is 1. The third kappa shape index (κ3) is 4.35.